The Labute approximate surface area is 133 Å². The summed E-state index contributed by atoms with van der Waals surface area (Å²) in [5, 5.41) is 2.69. The van der Waals surface area contributed by atoms with E-state index in [0.717, 1.165) is 0 Å². The lowest BCUT2D eigenvalue weighted by molar-refractivity contribution is 0.100. The number of benzene rings is 1. The number of ether oxygens (including phenoxy) is 1. The Kier molecular flexibility index (Phi) is 4.23. The molecule has 0 radical (unpaired) electrons. The number of aromatic nitrogens is 1. The fourth-order valence-corrected chi connectivity index (χ4v) is 2.12. The van der Waals surface area contributed by atoms with Crippen molar-refractivity contribution in [2.75, 3.05) is 11.9 Å². The SMILES string of the molecule is NC(=O)c1ccccc1NC(=O)c1ccnc(OCC2CC2)c1. The zero-order valence-corrected chi connectivity index (χ0v) is 12.5. The molecule has 118 valence electrons. The Morgan fingerprint density at radius 3 is 2.78 bits per heavy atom. The van der Waals surface area contributed by atoms with Gasteiger partial charge in [0.1, 0.15) is 0 Å². The lowest BCUT2D eigenvalue weighted by atomic mass is 10.1. The van der Waals surface area contributed by atoms with Crippen LogP contribution in [0, 0.1) is 5.92 Å². The first kappa shape index (κ1) is 15.0. The molecule has 1 heterocycles. The number of hydrogen-bond donors (Lipinski definition) is 2. The summed E-state index contributed by atoms with van der Waals surface area (Å²) in [6.45, 7) is 0.628. The monoisotopic (exact) mass is 311 g/mol. The molecule has 1 fully saturated rings. The number of rotatable bonds is 6. The Balaban J connectivity index is 1.72. The summed E-state index contributed by atoms with van der Waals surface area (Å²) in [5.41, 5.74) is 6.36. The maximum atomic E-state index is 12.3. The highest BCUT2D eigenvalue weighted by molar-refractivity contribution is 6.08. The quantitative estimate of drug-likeness (QED) is 0.855. The average Bonchev–Trinajstić information content (AvgIpc) is 3.38. The van der Waals surface area contributed by atoms with Gasteiger partial charge in [0, 0.05) is 17.8 Å². The van der Waals surface area contributed by atoms with Gasteiger partial charge in [0.15, 0.2) is 0 Å². The number of para-hydroxylation sites is 1. The number of primary amides is 1. The maximum absolute atomic E-state index is 12.3. The first-order valence-corrected chi connectivity index (χ1v) is 7.42. The third-order valence-corrected chi connectivity index (χ3v) is 3.60. The van der Waals surface area contributed by atoms with Crippen LogP contribution in [-0.4, -0.2) is 23.4 Å². The fraction of sp³-hybridized carbons (Fsp3) is 0.235. The van der Waals surface area contributed by atoms with Crippen LogP contribution in [0.3, 0.4) is 0 Å². The first-order chi connectivity index (χ1) is 11.1. The van der Waals surface area contributed by atoms with Gasteiger partial charge in [-0.25, -0.2) is 4.98 Å². The Bertz CT molecular complexity index is 741. The fourth-order valence-electron chi connectivity index (χ4n) is 2.12. The molecule has 6 nitrogen and oxygen atoms in total. The topological polar surface area (TPSA) is 94.3 Å². The zero-order chi connectivity index (χ0) is 16.2. The number of carbonyl (C=O) groups excluding carboxylic acids is 2. The maximum Gasteiger partial charge on any atom is 0.255 e. The molecule has 0 aliphatic heterocycles. The molecule has 1 aromatic heterocycles. The largest absolute Gasteiger partial charge is 0.477 e. The summed E-state index contributed by atoms with van der Waals surface area (Å²) >= 11 is 0. The minimum absolute atomic E-state index is 0.264. The third-order valence-electron chi connectivity index (χ3n) is 3.60. The number of pyridine rings is 1. The molecule has 1 saturated carbocycles. The van der Waals surface area contributed by atoms with Gasteiger partial charge in [-0.2, -0.15) is 0 Å². The van der Waals surface area contributed by atoms with Crippen molar-refractivity contribution in [2.24, 2.45) is 11.7 Å². The molecule has 3 N–H and O–H groups in total. The highest BCUT2D eigenvalue weighted by Gasteiger charge is 2.22. The number of carbonyl (C=O) groups is 2. The van der Waals surface area contributed by atoms with E-state index in [-0.39, 0.29) is 11.5 Å². The van der Waals surface area contributed by atoms with Crippen LogP contribution in [0.5, 0.6) is 5.88 Å². The van der Waals surface area contributed by atoms with Gasteiger partial charge in [0.25, 0.3) is 11.8 Å². The molecule has 0 bridgehead atoms. The van der Waals surface area contributed by atoms with Gasteiger partial charge >= 0.3 is 0 Å². The highest BCUT2D eigenvalue weighted by atomic mass is 16.5. The molecule has 23 heavy (non-hydrogen) atoms. The Hall–Kier alpha value is -2.89. The molecule has 0 atom stereocenters. The van der Waals surface area contributed by atoms with E-state index in [0.29, 0.717) is 29.7 Å². The minimum atomic E-state index is -0.593. The minimum Gasteiger partial charge on any atom is -0.477 e. The van der Waals surface area contributed by atoms with E-state index >= 15 is 0 Å². The molecule has 6 heteroatoms. The van der Waals surface area contributed by atoms with Crippen molar-refractivity contribution in [3.05, 3.63) is 53.7 Å². The Morgan fingerprint density at radius 1 is 1.26 bits per heavy atom. The molecule has 1 aromatic carbocycles. The van der Waals surface area contributed by atoms with Crippen LogP contribution in [0.1, 0.15) is 33.6 Å². The van der Waals surface area contributed by atoms with Gasteiger partial charge in [-0.05, 0) is 37.0 Å². The van der Waals surface area contributed by atoms with Gasteiger partial charge in [-0.1, -0.05) is 12.1 Å². The predicted molar refractivity (Wildman–Crippen MR) is 85.4 cm³/mol. The van der Waals surface area contributed by atoms with Gasteiger partial charge in [-0.15, -0.1) is 0 Å². The normalized spacial score (nSPS) is 13.4. The van der Waals surface area contributed by atoms with Gasteiger partial charge in [0.2, 0.25) is 5.88 Å². The number of nitrogens with two attached hydrogens (primary N) is 1. The molecule has 0 saturated heterocycles. The van der Waals surface area contributed by atoms with Crippen molar-refractivity contribution in [1.29, 1.82) is 0 Å². The highest BCUT2D eigenvalue weighted by Crippen LogP contribution is 2.29. The van der Waals surface area contributed by atoms with E-state index in [1.165, 1.54) is 19.0 Å². The number of nitrogens with zero attached hydrogens (tertiary/aromatic N) is 1. The number of amides is 2. The lowest BCUT2D eigenvalue weighted by Gasteiger charge is -2.10. The van der Waals surface area contributed by atoms with Crippen molar-refractivity contribution in [1.82, 2.24) is 4.98 Å². The van der Waals surface area contributed by atoms with Crippen molar-refractivity contribution in [3.63, 3.8) is 0 Å². The van der Waals surface area contributed by atoms with Crippen LogP contribution in [0.4, 0.5) is 5.69 Å². The summed E-state index contributed by atoms with van der Waals surface area (Å²) in [6, 6.07) is 9.78. The number of anilines is 1. The Morgan fingerprint density at radius 2 is 2.04 bits per heavy atom. The molecular formula is C17H17N3O3. The van der Waals surface area contributed by atoms with E-state index in [2.05, 4.69) is 10.3 Å². The number of nitrogens with one attached hydrogen (secondary N) is 1. The van der Waals surface area contributed by atoms with Crippen LogP contribution >= 0.6 is 0 Å². The van der Waals surface area contributed by atoms with Crippen LogP contribution in [-0.2, 0) is 0 Å². The smallest absolute Gasteiger partial charge is 0.255 e. The van der Waals surface area contributed by atoms with E-state index in [4.69, 9.17) is 10.5 Å². The lowest BCUT2D eigenvalue weighted by Crippen LogP contribution is -2.18. The van der Waals surface area contributed by atoms with E-state index < -0.39 is 5.91 Å². The molecule has 0 spiro atoms. The van der Waals surface area contributed by atoms with Crippen LogP contribution in [0.2, 0.25) is 0 Å². The van der Waals surface area contributed by atoms with Crippen molar-refractivity contribution in [3.8, 4) is 5.88 Å². The van der Waals surface area contributed by atoms with E-state index in [9.17, 15) is 9.59 Å². The van der Waals surface area contributed by atoms with Crippen molar-refractivity contribution in [2.45, 2.75) is 12.8 Å². The zero-order valence-electron chi connectivity index (χ0n) is 12.5. The van der Waals surface area contributed by atoms with Crippen LogP contribution in [0.15, 0.2) is 42.6 Å². The summed E-state index contributed by atoms with van der Waals surface area (Å²) < 4.78 is 5.57. The molecule has 2 amide bonds. The molecule has 1 aliphatic carbocycles. The summed E-state index contributed by atoms with van der Waals surface area (Å²) in [4.78, 5) is 27.8. The molecule has 3 rings (SSSR count). The predicted octanol–water partition coefficient (Wildman–Crippen LogP) is 2.22. The van der Waals surface area contributed by atoms with Gasteiger partial charge < -0.3 is 15.8 Å². The second-order valence-electron chi connectivity index (χ2n) is 5.50. The summed E-state index contributed by atoms with van der Waals surface area (Å²) in [7, 11) is 0. The molecule has 1 aliphatic rings. The van der Waals surface area contributed by atoms with E-state index in [1.54, 1.807) is 36.4 Å². The van der Waals surface area contributed by atoms with Crippen LogP contribution < -0.4 is 15.8 Å². The standard InChI is InChI=1S/C17H17N3O3/c18-16(21)13-3-1-2-4-14(13)20-17(22)12-7-8-19-15(9-12)23-10-11-5-6-11/h1-4,7-9,11H,5-6,10H2,(H2,18,21)(H,20,22). The van der Waals surface area contributed by atoms with Crippen molar-refractivity contribution >= 4 is 17.5 Å². The second-order valence-corrected chi connectivity index (χ2v) is 5.50. The van der Waals surface area contributed by atoms with Crippen molar-refractivity contribution < 1.29 is 14.3 Å². The number of hydrogen-bond acceptors (Lipinski definition) is 4. The summed E-state index contributed by atoms with van der Waals surface area (Å²) in [6.07, 6.45) is 3.89. The second kappa shape index (κ2) is 6.48. The first-order valence-electron chi connectivity index (χ1n) is 7.42. The molecule has 0 unspecified atom stereocenters. The van der Waals surface area contributed by atoms with Gasteiger partial charge in [-0.3, -0.25) is 9.59 Å². The molecular weight excluding hydrogens is 294 g/mol. The van der Waals surface area contributed by atoms with Gasteiger partial charge in [0.05, 0.1) is 17.9 Å². The molecule has 2 aromatic rings. The summed E-state index contributed by atoms with van der Waals surface area (Å²) in [5.74, 6) is 0.0888. The van der Waals surface area contributed by atoms with Crippen LogP contribution in [0.25, 0.3) is 0 Å². The third kappa shape index (κ3) is 3.85. The average molecular weight is 311 g/mol. The van der Waals surface area contributed by atoms with E-state index in [1.807, 2.05) is 0 Å².